The molecule has 0 heterocycles. The largest absolute Gasteiger partial charge is 0.458 e. The second-order valence-electron chi connectivity index (χ2n) is 7.84. The first-order chi connectivity index (χ1) is 9.89. The summed E-state index contributed by atoms with van der Waals surface area (Å²) in [6.07, 6.45) is 7.44. The van der Waals surface area contributed by atoms with E-state index in [-0.39, 0.29) is 11.9 Å². The van der Waals surface area contributed by atoms with Gasteiger partial charge in [0.1, 0.15) is 17.7 Å². The Morgan fingerprint density at radius 2 is 1.86 bits per heavy atom. The standard InChI is InChI=1S/C16H31NO4S/c1-8-12-11-16(12,13(18)21-15(2,3)4)17-14(19)20-9-10-22(5,6)7/h12H,8-11H2,1-7H3,(H,17,19). The molecule has 0 radical (unpaired) electrons. The molecule has 1 fully saturated rings. The van der Waals surface area contributed by atoms with Crippen molar-refractivity contribution in [2.75, 3.05) is 31.1 Å². The summed E-state index contributed by atoms with van der Waals surface area (Å²) in [5.41, 5.74) is -1.46. The Hall–Kier alpha value is -0.910. The number of ether oxygens (including phenoxy) is 2. The number of carbonyl (C=O) groups is 2. The SMILES string of the molecule is CCC1CC1(NC(=O)OCCS(C)(C)C)C(=O)OC(C)(C)C. The number of hydrogen-bond donors (Lipinski definition) is 1. The van der Waals surface area contributed by atoms with Gasteiger partial charge in [0.2, 0.25) is 0 Å². The molecular formula is C16H31NO4S. The van der Waals surface area contributed by atoms with Crippen LogP contribution in [0, 0.1) is 5.92 Å². The van der Waals surface area contributed by atoms with Crippen molar-refractivity contribution >= 4 is 22.1 Å². The topological polar surface area (TPSA) is 64.6 Å². The van der Waals surface area contributed by atoms with Crippen molar-refractivity contribution in [1.82, 2.24) is 5.32 Å². The molecule has 130 valence electrons. The number of nitrogens with one attached hydrogen (secondary N) is 1. The Balaban J connectivity index is 2.58. The van der Waals surface area contributed by atoms with Crippen LogP contribution < -0.4 is 5.32 Å². The van der Waals surface area contributed by atoms with Crippen molar-refractivity contribution in [2.45, 2.75) is 51.7 Å². The molecule has 0 aliphatic heterocycles. The van der Waals surface area contributed by atoms with E-state index in [1.807, 2.05) is 27.7 Å². The van der Waals surface area contributed by atoms with Gasteiger partial charge in [-0.1, -0.05) is 13.3 Å². The molecule has 5 nitrogen and oxygen atoms in total. The zero-order valence-electron chi connectivity index (χ0n) is 14.9. The summed E-state index contributed by atoms with van der Waals surface area (Å²) in [4.78, 5) is 24.4. The molecule has 0 bridgehead atoms. The Bertz CT molecular complexity index is 425. The van der Waals surface area contributed by atoms with E-state index in [0.29, 0.717) is 13.0 Å². The van der Waals surface area contributed by atoms with Gasteiger partial charge in [-0.3, -0.25) is 0 Å². The maximum Gasteiger partial charge on any atom is 0.408 e. The van der Waals surface area contributed by atoms with Crippen molar-refractivity contribution in [3.05, 3.63) is 0 Å². The van der Waals surface area contributed by atoms with Gasteiger partial charge in [-0.2, -0.15) is 0 Å². The van der Waals surface area contributed by atoms with E-state index in [4.69, 9.17) is 9.47 Å². The lowest BCUT2D eigenvalue weighted by Gasteiger charge is -2.26. The third kappa shape index (κ3) is 5.71. The molecule has 1 rings (SSSR count). The summed E-state index contributed by atoms with van der Waals surface area (Å²) >= 11 is 0. The molecule has 1 aliphatic rings. The van der Waals surface area contributed by atoms with Gasteiger partial charge in [-0.25, -0.2) is 19.6 Å². The van der Waals surface area contributed by atoms with Crippen LogP contribution in [0.5, 0.6) is 0 Å². The van der Waals surface area contributed by atoms with E-state index in [0.717, 1.165) is 12.2 Å². The second-order valence-corrected chi connectivity index (χ2v) is 12.4. The van der Waals surface area contributed by atoms with Crippen molar-refractivity contribution in [2.24, 2.45) is 5.92 Å². The number of carbonyl (C=O) groups excluding carboxylic acids is 2. The fourth-order valence-electron chi connectivity index (χ4n) is 2.25. The summed E-state index contributed by atoms with van der Waals surface area (Å²) < 4.78 is 10.7. The minimum Gasteiger partial charge on any atom is -0.458 e. The molecule has 0 saturated heterocycles. The molecule has 2 unspecified atom stereocenters. The highest BCUT2D eigenvalue weighted by molar-refractivity contribution is 8.32. The van der Waals surface area contributed by atoms with Gasteiger partial charge in [0, 0.05) is 5.75 Å². The third-order valence-corrected chi connectivity index (χ3v) is 5.01. The van der Waals surface area contributed by atoms with E-state index in [2.05, 4.69) is 24.1 Å². The predicted octanol–water partition coefficient (Wildman–Crippen LogP) is 2.92. The maximum atomic E-state index is 12.4. The number of hydrogen-bond acceptors (Lipinski definition) is 4. The van der Waals surface area contributed by atoms with Crippen LogP contribution in [0.4, 0.5) is 4.79 Å². The zero-order valence-corrected chi connectivity index (χ0v) is 15.8. The summed E-state index contributed by atoms with van der Waals surface area (Å²) in [6, 6.07) is 0. The van der Waals surface area contributed by atoms with E-state index >= 15 is 0 Å². The Labute approximate surface area is 135 Å². The highest BCUT2D eigenvalue weighted by Crippen LogP contribution is 2.47. The lowest BCUT2D eigenvalue weighted by molar-refractivity contribution is -0.159. The summed E-state index contributed by atoms with van der Waals surface area (Å²) in [6.45, 7) is 7.86. The van der Waals surface area contributed by atoms with Gasteiger partial charge in [0.15, 0.2) is 0 Å². The number of esters is 1. The van der Waals surface area contributed by atoms with Crippen molar-refractivity contribution in [3.63, 3.8) is 0 Å². The lowest BCUT2D eigenvalue weighted by Crippen LogP contribution is -2.48. The fraction of sp³-hybridized carbons (Fsp3) is 0.875. The Morgan fingerprint density at radius 1 is 1.27 bits per heavy atom. The van der Waals surface area contributed by atoms with Crippen LogP contribution in [0.15, 0.2) is 0 Å². The molecule has 1 saturated carbocycles. The number of rotatable bonds is 6. The van der Waals surface area contributed by atoms with Gasteiger partial charge < -0.3 is 14.8 Å². The Morgan fingerprint density at radius 3 is 2.27 bits per heavy atom. The van der Waals surface area contributed by atoms with Crippen LogP contribution in [-0.2, 0) is 14.3 Å². The van der Waals surface area contributed by atoms with Crippen molar-refractivity contribution in [1.29, 1.82) is 0 Å². The Kier molecular flexibility index (Phi) is 5.82. The van der Waals surface area contributed by atoms with E-state index in [9.17, 15) is 9.59 Å². The predicted molar refractivity (Wildman–Crippen MR) is 91.7 cm³/mol. The van der Waals surface area contributed by atoms with Gasteiger partial charge in [0.05, 0.1) is 0 Å². The first-order valence-electron chi connectivity index (χ1n) is 7.74. The highest BCUT2D eigenvalue weighted by atomic mass is 32.3. The normalized spacial score (nSPS) is 25.3. The van der Waals surface area contributed by atoms with Gasteiger partial charge in [-0.15, -0.1) is 0 Å². The molecule has 2 atom stereocenters. The number of amides is 1. The van der Waals surface area contributed by atoms with Crippen molar-refractivity contribution < 1.29 is 19.1 Å². The van der Waals surface area contributed by atoms with Gasteiger partial charge in [0.25, 0.3) is 0 Å². The lowest BCUT2D eigenvalue weighted by atomic mass is 10.1. The average Bonchev–Trinajstić information content (AvgIpc) is 2.99. The first kappa shape index (κ1) is 19.1. The molecule has 0 aromatic rings. The minimum atomic E-state index is -0.895. The van der Waals surface area contributed by atoms with Gasteiger partial charge >= 0.3 is 12.1 Å². The average molecular weight is 333 g/mol. The van der Waals surface area contributed by atoms with Crippen LogP contribution in [0.3, 0.4) is 0 Å². The summed E-state index contributed by atoms with van der Waals surface area (Å²) in [5, 5.41) is 2.75. The third-order valence-electron chi connectivity index (χ3n) is 3.62. The van der Waals surface area contributed by atoms with Crippen molar-refractivity contribution in [3.8, 4) is 0 Å². The smallest absolute Gasteiger partial charge is 0.408 e. The molecular weight excluding hydrogens is 302 g/mol. The van der Waals surface area contributed by atoms with Crippen LogP contribution in [0.25, 0.3) is 0 Å². The molecule has 1 N–H and O–H groups in total. The minimum absolute atomic E-state index is 0.128. The first-order valence-corrected chi connectivity index (χ1v) is 10.8. The molecule has 0 spiro atoms. The van der Waals surface area contributed by atoms with Crippen LogP contribution in [0.1, 0.15) is 40.5 Å². The molecule has 22 heavy (non-hydrogen) atoms. The quantitative estimate of drug-likeness (QED) is 0.759. The van der Waals surface area contributed by atoms with Crippen LogP contribution >= 0.6 is 10.0 Å². The van der Waals surface area contributed by atoms with E-state index in [1.165, 1.54) is 0 Å². The van der Waals surface area contributed by atoms with Crippen LogP contribution in [0.2, 0.25) is 0 Å². The number of alkyl carbamates (subject to hydrolysis) is 1. The summed E-state index contributed by atoms with van der Waals surface area (Å²) in [5.74, 6) is 0.630. The van der Waals surface area contributed by atoms with E-state index < -0.39 is 27.3 Å². The second kappa shape index (κ2) is 6.69. The van der Waals surface area contributed by atoms with Crippen LogP contribution in [-0.4, -0.2) is 54.3 Å². The highest BCUT2D eigenvalue weighted by Gasteiger charge is 2.62. The summed E-state index contributed by atoms with van der Waals surface area (Å²) in [7, 11) is -0.700. The molecule has 1 amide bonds. The van der Waals surface area contributed by atoms with Gasteiger partial charge in [-0.05, 0) is 51.9 Å². The fourth-order valence-corrected chi connectivity index (χ4v) is 2.83. The molecule has 1 aliphatic carbocycles. The van der Waals surface area contributed by atoms with E-state index in [1.54, 1.807) is 0 Å². The zero-order chi connectivity index (χ0) is 17.2. The maximum absolute atomic E-state index is 12.4. The molecule has 6 heteroatoms. The monoisotopic (exact) mass is 333 g/mol. The molecule has 0 aromatic heterocycles. The molecule has 0 aromatic carbocycles.